The molecule has 0 saturated carbocycles. The van der Waals surface area contributed by atoms with Crippen LogP contribution in [0.5, 0.6) is 0 Å². The van der Waals surface area contributed by atoms with Crippen LogP contribution in [0.2, 0.25) is 0 Å². The van der Waals surface area contributed by atoms with Gasteiger partial charge in [-0.15, -0.1) is 0 Å². The molecule has 0 aliphatic carbocycles. The quantitative estimate of drug-likeness (QED) is 0.0647. The van der Waals surface area contributed by atoms with E-state index in [0.29, 0.717) is 0 Å². The Hall–Kier alpha value is -13.3. The summed E-state index contributed by atoms with van der Waals surface area (Å²) in [5, 5.41) is 32.2. The maximum absolute atomic E-state index is 3.61. The first-order valence-corrected chi connectivity index (χ1v) is 37.1. The van der Waals surface area contributed by atoms with Crippen molar-refractivity contribution < 1.29 is 0 Å². The zero-order chi connectivity index (χ0) is 69.3. The van der Waals surface area contributed by atoms with Crippen LogP contribution in [0.25, 0.3) is 76.1 Å². The third kappa shape index (κ3) is 15.4. The van der Waals surface area contributed by atoms with Crippen LogP contribution < -0.4 is 42.0 Å². The van der Waals surface area contributed by atoms with Crippen molar-refractivity contribution in [3.05, 3.63) is 437 Å². The fraction of sp³-hybridized carbons (Fsp3) is 0. The highest BCUT2D eigenvalue weighted by molar-refractivity contribution is 7.19. The minimum Gasteiger partial charge on any atom is -0.356 e. The molecule has 4 N–H and O–H groups in total. The van der Waals surface area contributed by atoms with Gasteiger partial charge in [-0.3, -0.25) is 0 Å². The molecule has 0 radical (unpaired) electrons. The van der Waals surface area contributed by atoms with Gasteiger partial charge in [0.15, 0.2) is 8.07 Å². The molecule has 18 aromatic carbocycles. The van der Waals surface area contributed by atoms with Crippen molar-refractivity contribution in [3.8, 4) is 22.3 Å². The van der Waals surface area contributed by atoms with E-state index in [9.17, 15) is 0 Å². The maximum atomic E-state index is 3.61. The van der Waals surface area contributed by atoms with Crippen LogP contribution >= 0.6 is 0 Å². The summed E-state index contributed by atoms with van der Waals surface area (Å²) < 4.78 is 0. The molecule has 0 aliphatic rings. The molecule has 0 amide bonds. The smallest absolute Gasteiger partial charge is 0.179 e. The van der Waals surface area contributed by atoms with E-state index in [2.05, 4.69) is 446 Å². The molecule has 0 atom stereocenters. The summed E-state index contributed by atoms with van der Waals surface area (Å²) in [5.41, 5.74) is 13.8. The van der Waals surface area contributed by atoms with Crippen LogP contribution in [0.1, 0.15) is 0 Å². The average molecular weight is 1340 g/mol. The summed E-state index contributed by atoms with van der Waals surface area (Å²) in [4.78, 5) is 0. The minimum absolute atomic E-state index is 1.09. The van der Waals surface area contributed by atoms with E-state index in [1.807, 2.05) is 12.1 Å². The summed E-state index contributed by atoms with van der Waals surface area (Å²) in [7, 11) is -2.48. The molecule has 0 aromatic heterocycles. The molecular formula is C98H76N4Si. The standard InChI is InChI=1S/C34H27NSi.2C22H17N.C20H15N/c1-4-14-31(15-5-1)36(32-16-6-2-7-17-32,33-18-8-3-9-19-33)34-24-22-29(23-25-34)35-30-21-20-27-12-10-11-13-28(27)26-30;1-2-7-17(8-3-1)18-13-15-20(16-14-18)23-22-12-6-10-19-9-4-5-11-21(19)22;1-2-7-17(8-3-1)20-11-6-12-21(15-20)23-22-14-13-18-9-4-5-10-19(18)16-22;1-3-11-17-15(7-1)9-5-13-19(17)21-20-14-6-10-16-8-2-4-12-18(16)20/h1-26,35H;2*1-16,23H;1-14,21H. The molecule has 18 aromatic rings. The number of rotatable bonds is 14. The second-order valence-electron chi connectivity index (χ2n) is 25.5. The van der Waals surface area contributed by atoms with Crippen molar-refractivity contribution in [2.75, 3.05) is 21.3 Å². The zero-order valence-corrected chi connectivity index (χ0v) is 58.1. The van der Waals surface area contributed by atoms with Gasteiger partial charge in [-0.2, -0.15) is 0 Å². The Morgan fingerprint density at radius 3 is 0.874 bits per heavy atom. The lowest BCUT2D eigenvalue weighted by Gasteiger charge is -2.34. The molecule has 0 aliphatic heterocycles. The van der Waals surface area contributed by atoms with Gasteiger partial charge in [0.1, 0.15) is 0 Å². The molecule has 0 unspecified atom stereocenters. The highest BCUT2D eigenvalue weighted by Gasteiger charge is 2.41. The van der Waals surface area contributed by atoms with Crippen LogP contribution in [0.3, 0.4) is 0 Å². The summed E-state index contributed by atoms with van der Waals surface area (Å²) in [5.74, 6) is 0. The number of nitrogens with one attached hydrogen (secondary N) is 4. The average Bonchev–Trinajstić information content (AvgIpc) is 0.736. The van der Waals surface area contributed by atoms with E-state index < -0.39 is 8.07 Å². The molecule has 103 heavy (non-hydrogen) atoms. The van der Waals surface area contributed by atoms with Gasteiger partial charge < -0.3 is 21.3 Å². The van der Waals surface area contributed by atoms with Crippen LogP contribution in [-0.2, 0) is 0 Å². The first kappa shape index (κ1) is 65.6. The molecular weight excluding hydrogens is 1260 g/mol. The number of hydrogen-bond acceptors (Lipinski definition) is 4. The van der Waals surface area contributed by atoms with Crippen molar-refractivity contribution in [1.29, 1.82) is 0 Å². The highest BCUT2D eigenvalue weighted by Crippen LogP contribution is 2.33. The molecule has 0 bridgehead atoms. The summed E-state index contributed by atoms with van der Waals surface area (Å²) >= 11 is 0. The topological polar surface area (TPSA) is 48.1 Å². The van der Waals surface area contributed by atoms with Gasteiger partial charge in [-0.1, -0.05) is 358 Å². The predicted octanol–water partition coefficient (Wildman–Crippen LogP) is 24.2. The Bertz CT molecular complexity index is 5610. The second kappa shape index (κ2) is 31.7. The summed E-state index contributed by atoms with van der Waals surface area (Å²) in [6, 6.07) is 154. The van der Waals surface area contributed by atoms with Gasteiger partial charge in [-0.05, 0) is 160 Å². The van der Waals surface area contributed by atoms with Crippen LogP contribution in [0.15, 0.2) is 437 Å². The SMILES string of the molecule is c1ccc(-c2ccc(Nc3cccc4ccccc34)cc2)cc1.c1ccc(-c2cccc(Nc3ccc4ccccc4c3)c2)cc1.c1ccc([Si](c2ccccc2)(c2ccccc2)c2ccc(Nc3ccc4ccccc4c3)cc2)cc1.c1ccc2c(Nc3cccc4ccccc34)cccc2c1. The monoisotopic (exact) mass is 1340 g/mol. The third-order valence-electron chi connectivity index (χ3n) is 18.9. The first-order chi connectivity index (χ1) is 51.0. The van der Waals surface area contributed by atoms with Crippen LogP contribution in [0, 0.1) is 0 Å². The van der Waals surface area contributed by atoms with E-state index >= 15 is 0 Å². The number of benzene rings is 18. The Kier molecular flexibility index (Phi) is 20.2. The number of hydrogen-bond donors (Lipinski definition) is 4. The Labute approximate surface area is 604 Å². The van der Waals surface area contributed by atoms with E-state index in [1.165, 1.54) is 96.9 Å². The molecule has 0 heterocycles. The lowest BCUT2D eigenvalue weighted by atomic mass is 10.1. The summed E-state index contributed by atoms with van der Waals surface area (Å²) in [6.45, 7) is 0. The third-order valence-corrected chi connectivity index (χ3v) is 23.7. The van der Waals surface area contributed by atoms with Crippen LogP contribution in [0.4, 0.5) is 45.5 Å². The zero-order valence-electron chi connectivity index (χ0n) is 57.1. The van der Waals surface area contributed by atoms with Gasteiger partial charge in [-0.25, -0.2) is 0 Å². The van der Waals surface area contributed by atoms with E-state index in [4.69, 9.17) is 0 Å². The molecule has 0 saturated heterocycles. The Balaban J connectivity index is 0.000000114. The maximum Gasteiger partial charge on any atom is 0.179 e. The molecule has 0 fully saturated rings. The van der Waals surface area contributed by atoms with Gasteiger partial charge in [0.05, 0.1) is 0 Å². The molecule has 5 heteroatoms. The lowest BCUT2D eigenvalue weighted by Crippen LogP contribution is -2.74. The molecule has 4 nitrogen and oxygen atoms in total. The van der Waals surface area contributed by atoms with Crippen LogP contribution in [-0.4, -0.2) is 8.07 Å². The van der Waals surface area contributed by atoms with E-state index in [1.54, 1.807) is 0 Å². The van der Waals surface area contributed by atoms with E-state index in [-0.39, 0.29) is 0 Å². The second-order valence-corrected chi connectivity index (χ2v) is 29.3. The highest BCUT2D eigenvalue weighted by atomic mass is 28.3. The molecule has 492 valence electrons. The lowest BCUT2D eigenvalue weighted by molar-refractivity contribution is 1.55. The van der Waals surface area contributed by atoms with Crippen molar-refractivity contribution >= 4 is 128 Å². The fourth-order valence-corrected chi connectivity index (χ4v) is 18.6. The molecule has 18 rings (SSSR count). The molecule has 0 spiro atoms. The number of fused-ring (bicyclic) bond motifs is 5. The first-order valence-electron chi connectivity index (χ1n) is 35.1. The van der Waals surface area contributed by atoms with Crippen molar-refractivity contribution in [2.24, 2.45) is 0 Å². The van der Waals surface area contributed by atoms with E-state index in [0.717, 1.165) is 45.5 Å². The Morgan fingerprint density at radius 1 is 0.146 bits per heavy atom. The van der Waals surface area contributed by atoms with Crippen molar-refractivity contribution in [2.45, 2.75) is 0 Å². The van der Waals surface area contributed by atoms with Gasteiger partial charge in [0.2, 0.25) is 0 Å². The van der Waals surface area contributed by atoms with Crippen molar-refractivity contribution in [1.82, 2.24) is 0 Å². The summed E-state index contributed by atoms with van der Waals surface area (Å²) in [6.07, 6.45) is 0. The number of anilines is 8. The fourth-order valence-electron chi connectivity index (χ4n) is 13.8. The predicted molar refractivity (Wildman–Crippen MR) is 447 cm³/mol. The normalized spacial score (nSPS) is 10.9. The van der Waals surface area contributed by atoms with Gasteiger partial charge in [0, 0.05) is 61.7 Å². The Morgan fingerprint density at radius 2 is 0.427 bits per heavy atom. The van der Waals surface area contributed by atoms with Gasteiger partial charge >= 0.3 is 0 Å². The minimum atomic E-state index is -2.48. The van der Waals surface area contributed by atoms with Crippen molar-refractivity contribution in [3.63, 3.8) is 0 Å². The van der Waals surface area contributed by atoms with Gasteiger partial charge in [0.25, 0.3) is 0 Å². The largest absolute Gasteiger partial charge is 0.356 e.